The summed E-state index contributed by atoms with van der Waals surface area (Å²) in [6.07, 6.45) is 1.57. The van der Waals surface area contributed by atoms with Crippen molar-refractivity contribution in [1.82, 2.24) is 14.8 Å². The zero-order valence-corrected chi connectivity index (χ0v) is 19.0. The first kappa shape index (κ1) is 21.4. The molecule has 0 fully saturated rings. The second kappa shape index (κ2) is 9.19. The van der Waals surface area contributed by atoms with Crippen molar-refractivity contribution in [2.75, 3.05) is 11.9 Å². The van der Waals surface area contributed by atoms with E-state index >= 15 is 0 Å². The highest BCUT2D eigenvalue weighted by atomic mass is 16.5. The van der Waals surface area contributed by atoms with Gasteiger partial charge >= 0.3 is 5.97 Å². The van der Waals surface area contributed by atoms with Crippen molar-refractivity contribution in [3.8, 4) is 16.9 Å². The molecule has 2 heterocycles. The molecular weight excluding hydrogens is 424 g/mol. The zero-order chi connectivity index (χ0) is 23.5. The van der Waals surface area contributed by atoms with Crippen LogP contribution in [-0.4, -0.2) is 27.3 Å². The van der Waals surface area contributed by atoms with Crippen molar-refractivity contribution in [2.24, 2.45) is 0 Å². The van der Waals surface area contributed by atoms with Crippen LogP contribution in [0, 0.1) is 6.92 Å². The van der Waals surface area contributed by atoms with Crippen molar-refractivity contribution in [3.63, 3.8) is 0 Å². The standard InChI is InChI=1S/C28H24N4O2/c1-3-34-28(33)22-18-29-27-24(26(22)30-23-17-11-10-12-19(23)2)25(20-13-6-4-7-14-20)31-32(27)21-15-8-5-9-16-21/h4-18H,3H2,1-2H3,(H,29,30). The normalized spacial score (nSPS) is 10.9. The second-order valence-corrected chi connectivity index (χ2v) is 7.87. The molecule has 6 nitrogen and oxygen atoms in total. The maximum atomic E-state index is 13.0. The van der Waals surface area contributed by atoms with Gasteiger partial charge in [-0.3, -0.25) is 0 Å². The van der Waals surface area contributed by atoms with Gasteiger partial charge in [-0.25, -0.2) is 14.5 Å². The first-order valence-corrected chi connectivity index (χ1v) is 11.2. The Bertz CT molecular complexity index is 1460. The Balaban J connectivity index is 1.84. The van der Waals surface area contributed by atoms with E-state index in [1.165, 1.54) is 0 Å². The largest absolute Gasteiger partial charge is 0.462 e. The minimum absolute atomic E-state index is 0.273. The number of pyridine rings is 1. The third-order valence-corrected chi connectivity index (χ3v) is 5.64. The molecule has 0 aliphatic heterocycles. The van der Waals surface area contributed by atoms with Crippen LogP contribution in [0.5, 0.6) is 0 Å². The van der Waals surface area contributed by atoms with Gasteiger partial charge in [0, 0.05) is 17.4 Å². The molecule has 168 valence electrons. The molecule has 0 radical (unpaired) electrons. The van der Waals surface area contributed by atoms with Crippen LogP contribution in [0.3, 0.4) is 0 Å². The van der Waals surface area contributed by atoms with E-state index in [2.05, 4.69) is 5.32 Å². The maximum absolute atomic E-state index is 13.0. The average molecular weight is 449 g/mol. The van der Waals surface area contributed by atoms with Gasteiger partial charge in [-0.2, -0.15) is 5.10 Å². The Morgan fingerprint density at radius 3 is 2.32 bits per heavy atom. The van der Waals surface area contributed by atoms with Gasteiger partial charge in [-0.05, 0) is 37.6 Å². The smallest absolute Gasteiger partial charge is 0.341 e. The van der Waals surface area contributed by atoms with Crippen molar-refractivity contribution >= 4 is 28.4 Å². The maximum Gasteiger partial charge on any atom is 0.341 e. The molecule has 5 rings (SSSR count). The minimum Gasteiger partial charge on any atom is -0.462 e. The summed E-state index contributed by atoms with van der Waals surface area (Å²) in [5.74, 6) is -0.431. The van der Waals surface area contributed by atoms with Crippen LogP contribution in [0.4, 0.5) is 11.4 Å². The highest BCUT2D eigenvalue weighted by Crippen LogP contribution is 2.38. The molecule has 0 spiro atoms. The fourth-order valence-corrected chi connectivity index (χ4v) is 3.97. The summed E-state index contributed by atoms with van der Waals surface area (Å²) in [5, 5.41) is 9.22. The molecule has 0 aliphatic rings. The van der Waals surface area contributed by atoms with Crippen LogP contribution in [0.25, 0.3) is 28.0 Å². The Labute approximate surface area is 197 Å². The van der Waals surface area contributed by atoms with Crippen LogP contribution in [0.15, 0.2) is 91.1 Å². The summed E-state index contributed by atoms with van der Waals surface area (Å²) in [4.78, 5) is 17.7. The lowest BCUT2D eigenvalue weighted by Crippen LogP contribution is -2.10. The number of nitrogens with one attached hydrogen (secondary N) is 1. The van der Waals surface area contributed by atoms with Crippen LogP contribution in [-0.2, 0) is 4.74 Å². The fraction of sp³-hybridized carbons (Fsp3) is 0.107. The van der Waals surface area contributed by atoms with Gasteiger partial charge in [0.05, 0.1) is 23.4 Å². The monoisotopic (exact) mass is 448 g/mol. The number of benzene rings is 3. The Morgan fingerprint density at radius 1 is 0.941 bits per heavy atom. The molecule has 0 aliphatic carbocycles. The van der Waals surface area contributed by atoms with E-state index in [9.17, 15) is 4.79 Å². The Kier molecular flexibility index (Phi) is 5.79. The molecule has 5 aromatic rings. The number of rotatable bonds is 6. The van der Waals surface area contributed by atoms with Gasteiger partial charge in [0.2, 0.25) is 0 Å². The highest BCUT2D eigenvalue weighted by Gasteiger charge is 2.24. The molecule has 3 aromatic carbocycles. The van der Waals surface area contributed by atoms with E-state index in [1.807, 2.05) is 96.5 Å². The van der Waals surface area contributed by atoms with E-state index in [-0.39, 0.29) is 6.61 Å². The predicted molar refractivity (Wildman–Crippen MR) is 135 cm³/mol. The van der Waals surface area contributed by atoms with E-state index in [0.29, 0.717) is 16.9 Å². The Hall–Kier alpha value is -4.45. The number of ether oxygens (including phenoxy) is 1. The summed E-state index contributed by atoms with van der Waals surface area (Å²) in [6.45, 7) is 4.09. The molecule has 0 saturated heterocycles. The van der Waals surface area contributed by atoms with Gasteiger partial charge in [0.1, 0.15) is 11.3 Å². The van der Waals surface area contributed by atoms with Gasteiger partial charge in [-0.1, -0.05) is 66.7 Å². The molecule has 1 N–H and O–H groups in total. The van der Waals surface area contributed by atoms with Gasteiger partial charge in [0.15, 0.2) is 5.65 Å². The summed E-state index contributed by atoms with van der Waals surface area (Å²) in [5.41, 5.74) is 6.13. The minimum atomic E-state index is -0.431. The summed E-state index contributed by atoms with van der Waals surface area (Å²) in [7, 11) is 0. The lowest BCUT2D eigenvalue weighted by atomic mass is 10.0. The second-order valence-electron chi connectivity index (χ2n) is 7.87. The number of carbonyl (C=O) groups is 1. The summed E-state index contributed by atoms with van der Waals surface area (Å²) < 4.78 is 7.19. The van der Waals surface area contributed by atoms with Crippen molar-refractivity contribution < 1.29 is 9.53 Å². The first-order valence-electron chi connectivity index (χ1n) is 11.2. The van der Waals surface area contributed by atoms with E-state index in [0.717, 1.165) is 33.6 Å². The van der Waals surface area contributed by atoms with Gasteiger partial charge in [-0.15, -0.1) is 0 Å². The number of nitrogens with zero attached hydrogens (tertiary/aromatic N) is 3. The van der Waals surface area contributed by atoms with E-state index < -0.39 is 5.97 Å². The topological polar surface area (TPSA) is 69.0 Å². The number of esters is 1. The number of aromatic nitrogens is 3. The third kappa shape index (κ3) is 3.90. The molecule has 0 atom stereocenters. The quantitative estimate of drug-likeness (QED) is 0.308. The average Bonchev–Trinajstić information content (AvgIpc) is 3.27. The predicted octanol–water partition coefficient (Wildman–Crippen LogP) is 6.32. The van der Waals surface area contributed by atoms with Crippen molar-refractivity contribution in [1.29, 1.82) is 0 Å². The number of hydrogen-bond donors (Lipinski definition) is 1. The Morgan fingerprint density at radius 2 is 1.62 bits per heavy atom. The van der Waals surface area contributed by atoms with Crippen molar-refractivity contribution in [2.45, 2.75) is 13.8 Å². The van der Waals surface area contributed by atoms with E-state index in [1.54, 1.807) is 13.1 Å². The molecule has 0 saturated carbocycles. The number of fused-ring (bicyclic) bond motifs is 1. The molecule has 0 unspecified atom stereocenters. The number of aryl methyl sites for hydroxylation is 1. The lowest BCUT2D eigenvalue weighted by Gasteiger charge is -2.15. The molecular formula is C28H24N4O2. The van der Waals surface area contributed by atoms with Crippen LogP contribution >= 0.6 is 0 Å². The van der Waals surface area contributed by atoms with Crippen LogP contribution in [0.2, 0.25) is 0 Å². The molecule has 2 aromatic heterocycles. The summed E-state index contributed by atoms with van der Waals surface area (Å²) >= 11 is 0. The highest BCUT2D eigenvalue weighted by molar-refractivity contribution is 6.10. The number of anilines is 2. The van der Waals surface area contributed by atoms with Gasteiger partial charge in [0.25, 0.3) is 0 Å². The lowest BCUT2D eigenvalue weighted by molar-refractivity contribution is 0.0527. The van der Waals surface area contributed by atoms with Gasteiger partial charge < -0.3 is 10.1 Å². The number of carbonyl (C=O) groups excluding carboxylic acids is 1. The first-order chi connectivity index (χ1) is 16.7. The SMILES string of the molecule is CCOC(=O)c1cnc2c(c(-c3ccccc3)nn2-c2ccccc2)c1Nc1ccccc1C. The molecule has 0 bridgehead atoms. The molecule has 0 amide bonds. The van der Waals surface area contributed by atoms with E-state index in [4.69, 9.17) is 14.8 Å². The van der Waals surface area contributed by atoms with Crippen LogP contribution < -0.4 is 5.32 Å². The third-order valence-electron chi connectivity index (χ3n) is 5.64. The zero-order valence-electron chi connectivity index (χ0n) is 19.0. The molecule has 34 heavy (non-hydrogen) atoms. The number of hydrogen-bond acceptors (Lipinski definition) is 5. The summed E-state index contributed by atoms with van der Waals surface area (Å²) in [6, 6.07) is 27.7. The molecule has 6 heteroatoms. The van der Waals surface area contributed by atoms with Crippen molar-refractivity contribution in [3.05, 3.63) is 102 Å². The number of para-hydroxylation sites is 2. The van der Waals surface area contributed by atoms with Crippen LogP contribution in [0.1, 0.15) is 22.8 Å². The fourth-order valence-electron chi connectivity index (χ4n) is 3.97.